The van der Waals surface area contributed by atoms with Crippen molar-refractivity contribution in [1.29, 1.82) is 0 Å². The second-order valence-corrected chi connectivity index (χ2v) is 5.28. The lowest BCUT2D eigenvalue weighted by atomic mass is 9.85. The maximum absolute atomic E-state index is 14.4. The summed E-state index contributed by atoms with van der Waals surface area (Å²) in [4.78, 5) is 3.76. The van der Waals surface area contributed by atoms with E-state index < -0.39 is 28.7 Å². The lowest BCUT2D eigenvalue weighted by Gasteiger charge is -2.29. The summed E-state index contributed by atoms with van der Waals surface area (Å²) < 4.78 is 28.8. The number of hydrogen-bond donors (Lipinski definition) is 3. The van der Waals surface area contributed by atoms with Gasteiger partial charge in [0.25, 0.3) is 0 Å². The maximum Gasteiger partial charge on any atom is 0.160 e. The zero-order valence-corrected chi connectivity index (χ0v) is 12.3. The maximum atomic E-state index is 14.4. The summed E-state index contributed by atoms with van der Waals surface area (Å²) in [7, 11) is 0. The molecule has 0 aliphatic carbocycles. The molecule has 8 heteroatoms. The standard InChI is InChI=1S/C16H13F2N3O3/c17-11-3-1-10(2-4-11)16(24,7-21-9-19-8-20-21)12-5-14(22)15(23)6-13(12)18/h1-6,8-9,22-24H,7H2. The monoisotopic (exact) mass is 333 g/mol. The Hall–Kier alpha value is -3.00. The van der Waals surface area contributed by atoms with Crippen LogP contribution in [-0.2, 0) is 12.1 Å². The molecule has 0 aliphatic rings. The molecule has 1 heterocycles. The topological polar surface area (TPSA) is 91.4 Å². The van der Waals surface area contributed by atoms with Crippen molar-refractivity contribution < 1.29 is 24.1 Å². The Morgan fingerprint density at radius 1 is 1.04 bits per heavy atom. The summed E-state index contributed by atoms with van der Waals surface area (Å²) in [6, 6.07) is 6.47. The van der Waals surface area contributed by atoms with E-state index in [9.17, 15) is 24.1 Å². The van der Waals surface area contributed by atoms with E-state index >= 15 is 0 Å². The normalized spacial score (nSPS) is 13.6. The molecule has 6 nitrogen and oxygen atoms in total. The highest BCUT2D eigenvalue weighted by Crippen LogP contribution is 2.38. The molecular formula is C16H13F2N3O3. The number of aromatic nitrogens is 3. The molecule has 3 N–H and O–H groups in total. The SMILES string of the molecule is Oc1cc(F)c(C(O)(Cn2cncn2)c2ccc(F)cc2)cc1O. The molecule has 0 saturated carbocycles. The van der Waals surface area contributed by atoms with Crippen molar-refractivity contribution in [3.05, 3.63) is 71.8 Å². The summed E-state index contributed by atoms with van der Waals surface area (Å²) in [6.45, 7) is -0.236. The van der Waals surface area contributed by atoms with Gasteiger partial charge in [-0.25, -0.2) is 18.4 Å². The van der Waals surface area contributed by atoms with Crippen molar-refractivity contribution in [2.75, 3.05) is 0 Å². The second kappa shape index (κ2) is 5.89. The van der Waals surface area contributed by atoms with Gasteiger partial charge in [0.05, 0.1) is 6.54 Å². The van der Waals surface area contributed by atoms with Gasteiger partial charge in [0.2, 0.25) is 0 Å². The van der Waals surface area contributed by atoms with Gasteiger partial charge in [0, 0.05) is 11.6 Å². The van der Waals surface area contributed by atoms with Crippen LogP contribution < -0.4 is 0 Å². The fourth-order valence-electron chi connectivity index (χ4n) is 2.47. The van der Waals surface area contributed by atoms with Gasteiger partial charge in [-0.3, -0.25) is 0 Å². The highest BCUT2D eigenvalue weighted by Gasteiger charge is 2.36. The average molecular weight is 333 g/mol. The molecule has 0 amide bonds. The molecule has 0 spiro atoms. The minimum Gasteiger partial charge on any atom is -0.504 e. The van der Waals surface area contributed by atoms with Crippen molar-refractivity contribution in [2.24, 2.45) is 0 Å². The molecule has 1 aromatic heterocycles. The summed E-state index contributed by atoms with van der Waals surface area (Å²) in [5.74, 6) is -2.70. The van der Waals surface area contributed by atoms with Gasteiger partial charge in [0.15, 0.2) is 11.5 Å². The third-order valence-electron chi connectivity index (χ3n) is 3.69. The minimum absolute atomic E-state index is 0.184. The zero-order valence-electron chi connectivity index (χ0n) is 12.3. The first-order valence-corrected chi connectivity index (χ1v) is 6.93. The van der Waals surface area contributed by atoms with E-state index in [-0.39, 0.29) is 17.7 Å². The molecule has 0 bridgehead atoms. The van der Waals surface area contributed by atoms with Crippen LogP contribution in [0.25, 0.3) is 0 Å². The predicted octanol–water partition coefficient (Wildman–Crippen LogP) is 1.90. The Balaban J connectivity index is 2.18. The largest absolute Gasteiger partial charge is 0.504 e. The fraction of sp³-hybridized carbons (Fsp3) is 0.125. The van der Waals surface area contributed by atoms with Crippen LogP contribution in [0.15, 0.2) is 49.1 Å². The second-order valence-electron chi connectivity index (χ2n) is 5.28. The first-order valence-electron chi connectivity index (χ1n) is 6.93. The van der Waals surface area contributed by atoms with Crippen LogP contribution in [0.3, 0.4) is 0 Å². The average Bonchev–Trinajstić information content (AvgIpc) is 3.04. The Kier molecular flexibility index (Phi) is 3.90. The lowest BCUT2D eigenvalue weighted by molar-refractivity contribution is 0.0532. The number of phenolic OH excluding ortho intramolecular Hbond substituents is 2. The molecule has 1 unspecified atom stereocenters. The van der Waals surface area contributed by atoms with E-state index in [0.29, 0.717) is 6.07 Å². The third kappa shape index (κ3) is 2.79. The summed E-state index contributed by atoms with van der Waals surface area (Å²) in [5, 5.41) is 34.1. The number of rotatable bonds is 4. The molecule has 2 aromatic carbocycles. The number of aromatic hydroxyl groups is 2. The van der Waals surface area contributed by atoms with E-state index in [4.69, 9.17) is 0 Å². The highest BCUT2D eigenvalue weighted by atomic mass is 19.1. The van der Waals surface area contributed by atoms with Crippen LogP contribution in [0.2, 0.25) is 0 Å². The predicted molar refractivity (Wildman–Crippen MR) is 79.2 cm³/mol. The van der Waals surface area contributed by atoms with Crippen molar-refractivity contribution >= 4 is 0 Å². The van der Waals surface area contributed by atoms with Crippen LogP contribution in [0, 0.1) is 11.6 Å². The summed E-state index contributed by atoms with van der Waals surface area (Å²) >= 11 is 0. The molecule has 124 valence electrons. The Labute approximate surface area is 135 Å². The minimum atomic E-state index is -1.98. The van der Waals surface area contributed by atoms with E-state index in [1.165, 1.54) is 29.5 Å². The van der Waals surface area contributed by atoms with Gasteiger partial charge in [-0.1, -0.05) is 12.1 Å². The molecule has 0 aliphatic heterocycles. The molecule has 0 saturated heterocycles. The van der Waals surface area contributed by atoms with Gasteiger partial charge in [-0.2, -0.15) is 5.10 Å². The van der Waals surface area contributed by atoms with Crippen LogP contribution >= 0.6 is 0 Å². The van der Waals surface area contributed by atoms with Crippen LogP contribution in [0.5, 0.6) is 11.5 Å². The van der Waals surface area contributed by atoms with Crippen LogP contribution in [-0.4, -0.2) is 30.1 Å². The quantitative estimate of drug-likeness (QED) is 0.634. The summed E-state index contributed by atoms with van der Waals surface area (Å²) in [5.41, 5.74) is -2.08. The first-order chi connectivity index (χ1) is 11.4. The molecule has 24 heavy (non-hydrogen) atoms. The fourth-order valence-corrected chi connectivity index (χ4v) is 2.47. The molecule has 0 fully saturated rings. The van der Waals surface area contributed by atoms with E-state index in [0.717, 1.165) is 18.2 Å². The zero-order chi connectivity index (χ0) is 17.3. The van der Waals surface area contributed by atoms with Gasteiger partial charge in [0.1, 0.15) is 29.9 Å². The number of halogens is 2. The number of phenols is 2. The third-order valence-corrected chi connectivity index (χ3v) is 3.69. The first kappa shape index (κ1) is 15.9. The Morgan fingerprint density at radius 2 is 1.71 bits per heavy atom. The molecule has 3 aromatic rings. The van der Waals surface area contributed by atoms with E-state index in [1.807, 2.05) is 0 Å². The Morgan fingerprint density at radius 3 is 2.33 bits per heavy atom. The Bertz CT molecular complexity index is 854. The molecule has 0 radical (unpaired) electrons. The van der Waals surface area contributed by atoms with Crippen LogP contribution in [0.1, 0.15) is 11.1 Å². The van der Waals surface area contributed by atoms with Gasteiger partial charge < -0.3 is 15.3 Å². The van der Waals surface area contributed by atoms with E-state index in [2.05, 4.69) is 10.1 Å². The number of hydrogen-bond acceptors (Lipinski definition) is 5. The lowest BCUT2D eigenvalue weighted by Crippen LogP contribution is -2.34. The summed E-state index contributed by atoms with van der Waals surface area (Å²) in [6.07, 6.45) is 2.57. The van der Waals surface area contributed by atoms with Crippen molar-refractivity contribution in [3.8, 4) is 11.5 Å². The molecular weight excluding hydrogens is 320 g/mol. The van der Waals surface area contributed by atoms with Gasteiger partial charge in [-0.15, -0.1) is 0 Å². The van der Waals surface area contributed by atoms with Crippen LogP contribution in [0.4, 0.5) is 8.78 Å². The molecule has 3 rings (SSSR count). The number of nitrogens with zero attached hydrogens (tertiary/aromatic N) is 3. The number of benzene rings is 2. The van der Waals surface area contributed by atoms with Gasteiger partial charge >= 0.3 is 0 Å². The van der Waals surface area contributed by atoms with Gasteiger partial charge in [-0.05, 0) is 23.8 Å². The van der Waals surface area contributed by atoms with Crippen molar-refractivity contribution in [1.82, 2.24) is 14.8 Å². The smallest absolute Gasteiger partial charge is 0.160 e. The number of aliphatic hydroxyl groups is 1. The van der Waals surface area contributed by atoms with Crippen molar-refractivity contribution in [2.45, 2.75) is 12.1 Å². The molecule has 1 atom stereocenters. The van der Waals surface area contributed by atoms with Crippen molar-refractivity contribution in [3.63, 3.8) is 0 Å². The highest BCUT2D eigenvalue weighted by molar-refractivity contribution is 5.46. The van der Waals surface area contributed by atoms with E-state index in [1.54, 1.807) is 0 Å².